The zero-order valence-electron chi connectivity index (χ0n) is 16.9. The minimum Gasteiger partial charge on any atom is -0.486 e. The standard InChI is InChI=1S/C23H27ClN2O4/c24-18-8-14(9-19-22(18)30-4-3-29-19)1-2-20(27)25-26-21(28)13-23-10-15-5-16(11-23)7-17(6-15)12-23/h1-2,8-9,15-17H,3-7,10-13H2,(H,25,27)(H,26,28)/b2-1+. The molecule has 1 aliphatic heterocycles. The van der Waals surface area contributed by atoms with E-state index >= 15 is 0 Å². The maximum Gasteiger partial charge on any atom is 0.262 e. The van der Waals surface area contributed by atoms with E-state index < -0.39 is 0 Å². The minimum atomic E-state index is -0.389. The van der Waals surface area contributed by atoms with E-state index in [-0.39, 0.29) is 17.2 Å². The van der Waals surface area contributed by atoms with Crippen molar-refractivity contribution in [3.63, 3.8) is 0 Å². The lowest BCUT2D eigenvalue weighted by Crippen LogP contribution is -2.49. The third-order valence-electron chi connectivity index (χ3n) is 7.07. The van der Waals surface area contributed by atoms with Crippen molar-refractivity contribution in [2.75, 3.05) is 13.2 Å². The Hall–Kier alpha value is -2.21. The molecule has 4 bridgehead atoms. The van der Waals surface area contributed by atoms with Gasteiger partial charge in [0.15, 0.2) is 11.5 Å². The molecule has 0 saturated heterocycles. The van der Waals surface area contributed by atoms with Gasteiger partial charge in [-0.1, -0.05) is 11.6 Å². The van der Waals surface area contributed by atoms with Crippen molar-refractivity contribution in [2.24, 2.45) is 23.2 Å². The maximum atomic E-state index is 12.5. The van der Waals surface area contributed by atoms with Gasteiger partial charge in [-0.3, -0.25) is 20.4 Å². The zero-order valence-corrected chi connectivity index (χ0v) is 17.7. The van der Waals surface area contributed by atoms with Crippen molar-refractivity contribution in [3.8, 4) is 11.5 Å². The van der Waals surface area contributed by atoms with Crippen LogP contribution in [0.2, 0.25) is 5.02 Å². The molecular formula is C23H27ClN2O4. The highest BCUT2D eigenvalue weighted by Crippen LogP contribution is 2.61. The fourth-order valence-electron chi connectivity index (χ4n) is 6.46. The van der Waals surface area contributed by atoms with Crippen LogP contribution in [-0.2, 0) is 9.59 Å². The highest BCUT2D eigenvalue weighted by Gasteiger charge is 2.51. The molecule has 2 amide bonds. The average molecular weight is 431 g/mol. The number of nitrogens with one attached hydrogen (secondary N) is 2. The normalized spacial score (nSPS) is 31.0. The first-order chi connectivity index (χ1) is 14.5. The van der Waals surface area contributed by atoms with Crippen LogP contribution < -0.4 is 20.3 Å². The molecule has 0 atom stereocenters. The van der Waals surface area contributed by atoms with Crippen molar-refractivity contribution in [1.82, 2.24) is 10.9 Å². The summed E-state index contributed by atoms with van der Waals surface area (Å²) in [6.45, 7) is 0.931. The van der Waals surface area contributed by atoms with E-state index in [2.05, 4.69) is 10.9 Å². The second-order valence-corrected chi connectivity index (χ2v) is 9.90. The third kappa shape index (κ3) is 4.02. The van der Waals surface area contributed by atoms with Crippen molar-refractivity contribution >= 4 is 29.5 Å². The van der Waals surface area contributed by atoms with E-state index in [1.165, 1.54) is 44.6 Å². The van der Waals surface area contributed by atoms with Gasteiger partial charge >= 0.3 is 0 Å². The Morgan fingerprint density at radius 3 is 2.40 bits per heavy atom. The molecule has 4 saturated carbocycles. The molecule has 30 heavy (non-hydrogen) atoms. The van der Waals surface area contributed by atoms with Crippen LogP contribution >= 0.6 is 11.6 Å². The molecule has 7 heteroatoms. The lowest BCUT2D eigenvalue weighted by Gasteiger charge is -2.56. The van der Waals surface area contributed by atoms with Gasteiger partial charge in [0.1, 0.15) is 13.2 Å². The maximum absolute atomic E-state index is 12.5. The summed E-state index contributed by atoms with van der Waals surface area (Å²) in [6.07, 6.45) is 11.1. The summed E-state index contributed by atoms with van der Waals surface area (Å²) < 4.78 is 11.0. The average Bonchev–Trinajstić information content (AvgIpc) is 2.69. The van der Waals surface area contributed by atoms with Gasteiger partial charge in [0, 0.05) is 12.5 Å². The summed E-state index contributed by atoms with van der Waals surface area (Å²) in [4.78, 5) is 24.7. The highest BCUT2D eigenvalue weighted by atomic mass is 35.5. The largest absolute Gasteiger partial charge is 0.486 e. The number of fused-ring (bicyclic) bond motifs is 1. The molecule has 0 unspecified atom stereocenters. The molecule has 4 fully saturated rings. The van der Waals surface area contributed by atoms with Gasteiger partial charge in [0.25, 0.3) is 5.91 Å². The van der Waals surface area contributed by atoms with Gasteiger partial charge in [-0.25, -0.2) is 0 Å². The van der Waals surface area contributed by atoms with Gasteiger partial charge < -0.3 is 9.47 Å². The van der Waals surface area contributed by atoms with Gasteiger partial charge in [0.2, 0.25) is 5.91 Å². The summed E-state index contributed by atoms with van der Waals surface area (Å²) in [5.41, 5.74) is 5.97. The first-order valence-corrected chi connectivity index (χ1v) is 11.2. The predicted molar refractivity (Wildman–Crippen MR) is 113 cm³/mol. The fraction of sp³-hybridized carbons (Fsp3) is 0.565. The van der Waals surface area contributed by atoms with Gasteiger partial charge in [0.05, 0.1) is 5.02 Å². The monoisotopic (exact) mass is 430 g/mol. The lowest BCUT2D eigenvalue weighted by atomic mass is 9.49. The second kappa shape index (κ2) is 7.80. The number of hydrogen-bond acceptors (Lipinski definition) is 4. The van der Waals surface area contributed by atoms with Crippen LogP contribution in [0.25, 0.3) is 6.08 Å². The Labute approximate surface area is 181 Å². The van der Waals surface area contributed by atoms with Crippen molar-refractivity contribution < 1.29 is 19.1 Å². The van der Waals surface area contributed by atoms with E-state index in [0.29, 0.717) is 36.2 Å². The number of rotatable bonds is 4. The van der Waals surface area contributed by atoms with Crippen LogP contribution in [0.1, 0.15) is 50.5 Å². The number of carbonyl (C=O) groups excluding carboxylic acids is 2. The molecule has 1 heterocycles. The molecule has 4 aliphatic carbocycles. The summed E-state index contributed by atoms with van der Waals surface area (Å²) in [7, 11) is 0. The number of halogens is 1. The molecule has 6 nitrogen and oxygen atoms in total. The van der Waals surface area contributed by atoms with E-state index in [9.17, 15) is 9.59 Å². The molecular weight excluding hydrogens is 404 g/mol. The van der Waals surface area contributed by atoms with Crippen LogP contribution in [0.4, 0.5) is 0 Å². The van der Waals surface area contributed by atoms with Crippen molar-refractivity contribution in [2.45, 2.75) is 44.9 Å². The SMILES string of the molecule is O=C(/C=C/c1cc(Cl)c2c(c1)OCCO2)NNC(=O)CC12CC3CC(CC(C3)C1)C2. The van der Waals surface area contributed by atoms with Crippen LogP contribution in [0, 0.1) is 23.2 Å². The smallest absolute Gasteiger partial charge is 0.262 e. The van der Waals surface area contributed by atoms with E-state index in [1.54, 1.807) is 18.2 Å². The first-order valence-electron chi connectivity index (χ1n) is 10.8. The van der Waals surface area contributed by atoms with E-state index in [0.717, 1.165) is 23.3 Å². The number of hydrogen-bond donors (Lipinski definition) is 2. The van der Waals surface area contributed by atoms with Crippen LogP contribution in [-0.4, -0.2) is 25.0 Å². The van der Waals surface area contributed by atoms with Gasteiger partial charge in [-0.15, -0.1) is 0 Å². The minimum absolute atomic E-state index is 0.0962. The Balaban J connectivity index is 1.14. The number of ether oxygens (including phenoxy) is 2. The summed E-state index contributed by atoms with van der Waals surface area (Å²) in [5, 5.41) is 0.441. The van der Waals surface area contributed by atoms with E-state index in [4.69, 9.17) is 21.1 Å². The summed E-state index contributed by atoms with van der Waals surface area (Å²) in [5.74, 6) is 3.03. The van der Waals surface area contributed by atoms with Crippen molar-refractivity contribution in [3.05, 3.63) is 28.8 Å². The lowest BCUT2D eigenvalue weighted by molar-refractivity contribution is -0.133. The predicted octanol–water partition coefficient (Wildman–Crippen LogP) is 3.88. The van der Waals surface area contributed by atoms with Crippen LogP contribution in [0.5, 0.6) is 11.5 Å². The molecule has 160 valence electrons. The second-order valence-electron chi connectivity index (χ2n) is 9.49. The summed E-state index contributed by atoms with van der Waals surface area (Å²) >= 11 is 6.22. The molecule has 0 radical (unpaired) electrons. The Bertz CT molecular complexity index is 862. The van der Waals surface area contributed by atoms with Crippen molar-refractivity contribution in [1.29, 1.82) is 0 Å². The molecule has 1 aromatic carbocycles. The number of amides is 2. The first kappa shape index (κ1) is 19.7. The molecule has 1 aromatic rings. The number of carbonyl (C=O) groups is 2. The zero-order chi connectivity index (χ0) is 20.7. The van der Waals surface area contributed by atoms with Gasteiger partial charge in [-0.2, -0.15) is 0 Å². The number of benzene rings is 1. The molecule has 6 rings (SSSR count). The third-order valence-corrected chi connectivity index (χ3v) is 7.35. The highest BCUT2D eigenvalue weighted by molar-refractivity contribution is 6.32. The summed E-state index contributed by atoms with van der Waals surface area (Å²) in [6, 6.07) is 3.49. The molecule has 5 aliphatic rings. The van der Waals surface area contributed by atoms with Crippen LogP contribution in [0.15, 0.2) is 18.2 Å². The van der Waals surface area contributed by atoms with E-state index in [1.807, 2.05) is 0 Å². The molecule has 2 N–H and O–H groups in total. The fourth-order valence-corrected chi connectivity index (χ4v) is 6.74. The molecule has 0 aromatic heterocycles. The van der Waals surface area contributed by atoms with Crippen LogP contribution in [0.3, 0.4) is 0 Å². The molecule has 0 spiro atoms. The Morgan fingerprint density at radius 1 is 1.03 bits per heavy atom. The quantitative estimate of drug-likeness (QED) is 0.561. The Kier molecular flexibility index (Phi) is 5.13. The van der Waals surface area contributed by atoms with Gasteiger partial charge in [-0.05, 0) is 85.5 Å². The Morgan fingerprint density at radius 2 is 1.70 bits per heavy atom. The topological polar surface area (TPSA) is 76.7 Å². The number of hydrazine groups is 1.